The van der Waals surface area contributed by atoms with Gasteiger partial charge in [-0.3, -0.25) is 0 Å². The molecular formula is C12H22O2. The van der Waals surface area contributed by atoms with Gasteiger partial charge in [-0.25, -0.2) is 0 Å². The molecule has 0 aromatic rings. The van der Waals surface area contributed by atoms with Crippen molar-refractivity contribution in [1.82, 2.24) is 0 Å². The van der Waals surface area contributed by atoms with Crippen LogP contribution in [-0.4, -0.2) is 20.5 Å². The number of rotatable bonds is 8. The molecule has 0 N–H and O–H groups in total. The monoisotopic (exact) mass is 198 g/mol. The maximum Gasteiger partial charge on any atom is 0.176 e. The molecular weight excluding hydrogens is 176 g/mol. The van der Waals surface area contributed by atoms with Crippen LogP contribution < -0.4 is 0 Å². The molecule has 0 fully saturated rings. The van der Waals surface area contributed by atoms with Crippen molar-refractivity contribution in [3.63, 3.8) is 0 Å². The first-order chi connectivity index (χ1) is 6.85. The maximum absolute atomic E-state index is 5.00. The fraction of sp³-hybridized carbons (Fsp3) is 0.667. The Labute approximate surface area is 87.6 Å². The number of allylic oxidation sites excluding steroid dienone is 3. The molecule has 0 heterocycles. The Bertz CT molecular complexity index is 158. The molecule has 0 spiro atoms. The van der Waals surface area contributed by atoms with E-state index >= 15 is 0 Å². The average molecular weight is 198 g/mol. The zero-order chi connectivity index (χ0) is 10.6. The average Bonchev–Trinajstić information content (AvgIpc) is 2.22. The topological polar surface area (TPSA) is 18.5 Å². The van der Waals surface area contributed by atoms with E-state index in [-0.39, 0.29) is 6.29 Å². The Hall–Kier alpha value is -0.600. The number of hydrogen-bond acceptors (Lipinski definition) is 2. The molecule has 0 aliphatic carbocycles. The van der Waals surface area contributed by atoms with Crippen LogP contribution in [0.5, 0.6) is 0 Å². The maximum atomic E-state index is 5.00. The highest BCUT2D eigenvalue weighted by Gasteiger charge is 1.94. The van der Waals surface area contributed by atoms with Crippen LogP contribution >= 0.6 is 0 Å². The Morgan fingerprint density at radius 2 is 1.79 bits per heavy atom. The Morgan fingerprint density at radius 3 is 2.36 bits per heavy atom. The molecule has 0 aliphatic heterocycles. The standard InChI is InChI=1S/C12H22O2/c1-4-5-6-7-8-9-10-11-12(13-2)14-3/h8-12H,4-7H2,1-3H3/b9-8-,11-10+. The van der Waals surface area contributed by atoms with E-state index in [2.05, 4.69) is 13.0 Å². The van der Waals surface area contributed by atoms with E-state index in [9.17, 15) is 0 Å². The predicted octanol–water partition coefficient (Wildman–Crippen LogP) is 3.30. The van der Waals surface area contributed by atoms with E-state index in [0.717, 1.165) is 6.42 Å². The van der Waals surface area contributed by atoms with E-state index in [0.29, 0.717) is 0 Å². The van der Waals surface area contributed by atoms with Gasteiger partial charge in [0.2, 0.25) is 0 Å². The minimum Gasteiger partial charge on any atom is -0.352 e. The lowest BCUT2D eigenvalue weighted by Crippen LogP contribution is -2.08. The molecule has 0 aliphatic rings. The summed E-state index contributed by atoms with van der Waals surface area (Å²) in [6.45, 7) is 2.21. The molecule has 2 heteroatoms. The molecule has 0 radical (unpaired) electrons. The second-order valence-electron chi connectivity index (χ2n) is 3.15. The third-order valence-electron chi connectivity index (χ3n) is 1.95. The van der Waals surface area contributed by atoms with Crippen LogP contribution in [0.3, 0.4) is 0 Å². The van der Waals surface area contributed by atoms with Gasteiger partial charge in [0.1, 0.15) is 0 Å². The van der Waals surface area contributed by atoms with Gasteiger partial charge in [-0.1, -0.05) is 38.0 Å². The zero-order valence-electron chi connectivity index (χ0n) is 9.53. The first kappa shape index (κ1) is 13.4. The van der Waals surface area contributed by atoms with E-state index in [1.54, 1.807) is 14.2 Å². The summed E-state index contributed by atoms with van der Waals surface area (Å²) in [6.07, 6.45) is 12.9. The van der Waals surface area contributed by atoms with E-state index in [1.807, 2.05) is 18.2 Å². The van der Waals surface area contributed by atoms with E-state index in [1.165, 1.54) is 19.3 Å². The van der Waals surface area contributed by atoms with Crippen LogP contribution in [0.2, 0.25) is 0 Å². The third kappa shape index (κ3) is 8.02. The van der Waals surface area contributed by atoms with Gasteiger partial charge in [-0.2, -0.15) is 0 Å². The molecule has 2 nitrogen and oxygen atoms in total. The largest absolute Gasteiger partial charge is 0.352 e. The summed E-state index contributed by atoms with van der Waals surface area (Å²) in [7, 11) is 3.26. The second kappa shape index (κ2) is 10.5. The third-order valence-corrected chi connectivity index (χ3v) is 1.95. The Kier molecular flexibility index (Phi) is 10.0. The summed E-state index contributed by atoms with van der Waals surface area (Å²) in [5, 5.41) is 0. The van der Waals surface area contributed by atoms with Gasteiger partial charge in [-0.15, -0.1) is 0 Å². The quantitative estimate of drug-likeness (QED) is 0.338. The van der Waals surface area contributed by atoms with Crippen molar-refractivity contribution in [1.29, 1.82) is 0 Å². The van der Waals surface area contributed by atoms with Crippen molar-refractivity contribution < 1.29 is 9.47 Å². The van der Waals surface area contributed by atoms with Gasteiger partial charge in [0.25, 0.3) is 0 Å². The fourth-order valence-electron chi connectivity index (χ4n) is 1.10. The molecule has 14 heavy (non-hydrogen) atoms. The summed E-state index contributed by atoms with van der Waals surface area (Å²) in [4.78, 5) is 0. The first-order valence-corrected chi connectivity index (χ1v) is 5.24. The highest BCUT2D eigenvalue weighted by molar-refractivity contribution is 5.03. The number of ether oxygens (including phenoxy) is 2. The van der Waals surface area contributed by atoms with Crippen molar-refractivity contribution in [3.05, 3.63) is 24.3 Å². The molecule has 0 amide bonds. The van der Waals surface area contributed by atoms with Gasteiger partial charge >= 0.3 is 0 Å². The molecule has 0 rings (SSSR count). The SMILES string of the molecule is CCCCC/C=C\C=C\C(OC)OC. The van der Waals surface area contributed by atoms with Crippen LogP contribution in [0.15, 0.2) is 24.3 Å². The van der Waals surface area contributed by atoms with Crippen molar-refractivity contribution >= 4 is 0 Å². The van der Waals surface area contributed by atoms with Gasteiger partial charge in [0, 0.05) is 14.2 Å². The van der Waals surface area contributed by atoms with Gasteiger partial charge in [0.15, 0.2) is 6.29 Å². The highest BCUT2D eigenvalue weighted by atomic mass is 16.7. The van der Waals surface area contributed by atoms with Gasteiger partial charge in [0.05, 0.1) is 0 Å². The fourth-order valence-corrected chi connectivity index (χ4v) is 1.10. The first-order valence-electron chi connectivity index (χ1n) is 5.24. The van der Waals surface area contributed by atoms with Gasteiger partial charge < -0.3 is 9.47 Å². The molecule has 0 saturated carbocycles. The molecule has 0 saturated heterocycles. The number of methoxy groups -OCH3 is 2. The summed E-state index contributed by atoms with van der Waals surface area (Å²) in [5.74, 6) is 0. The lowest BCUT2D eigenvalue weighted by molar-refractivity contribution is -0.0666. The summed E-state index contributed by atoms with van der Waals surface area (Å²) in [6, 6.07) is 0. The lowest BCUT2D eigenvalue weighted by Gasteiger charge is -2.06. The van der Waals surface area contributed by atoms with Crippen LogP contribution in [0.4, 0.5) is 0 Å². The van der Waals surface area contributed by atoms with Crippen molar-refractivity contribution in [3.8, 4) is 0 Å². The summed E-state index contributed by atoms with van der Waals surface area (Å²) < 4.78 is 10.0. The van der Waals surface area contributed by atoms with Crippen molar-refractivity contribution in [2.45, 2.75) is 38.9 Å². The predicted molar refractivity (Wildman–Crippen MR) is 60.2 cm³/mol. The zero-order valence-corrected chi connectivity index (χ0v) is 9.53. The number of unbranched alkanes of at least 4 members (excludes halogenated alkanes) is 3. The van der Waals surface area contributed by atoms with E-state index < -0.39 is 0 Å². The van der Waals surface area contributed by atoms with Crippen LogP contribution in [-0.2, 0) is 9.47 Å². The van der Waals surface area contributed by atoms with Crippen LogP contribution in [0, 0.1) is 0 Å². The molecule has 0 unspecified atom stereocenters. The smallest absolute Gasteiger partial charge is 0.176 e. The van der Waals surface area contributed by atoms with Gasteiger partial charge in [-0.05, 0) is 18.9 Å². The normalized spacial score (nSPS) is 12.3. The minimum atomic E-state index is -0.227. The molecule has 82 valence electrons. The van der Waals surface area contributed by atoms with Crippen LogP contribution in [0.25, 0.3) is 0 Å². The highest BCUT2D eigenvalue weighted by Crippen LogP contribution is 2.00. The minimum absolute atomic E-state index is 0.227. The molecule has 0 bridgehead atoms. The molecule has 0 aromatic heterocycles. The van der Waals surface area contributed by atoms with Crippen molar-refractivity contribution in [2.75, 3.05) is 14.2 Å². The van der Waals surface area contributed by atoms with E-state index in [4.69, 9.17) is 9.47 Å². The van der Waals surface area contributed by atoms with Crippen molar-refractivity contribution in [2.24, 2.45) is 0 Å². The Balaban J connectivity index is 3.48. The summed E-state index contributed by atoms with van der Waals surface area (Å²) >= 11 is 0. The molecule has 0 aromatic carbocycles. The summed E-state index contributed by atoms with van der Waals surface area (Å²) in [5.41, 5.74) is 0. The molecule has 0 atom stereocenters. The Morgan fingerprint density at radius 1 is 1.07 bits per heavy atom. The second-order valence-corrected chi connectivity index (χ2v) is 3.15. The number of hydrogen-bond donors (Lipinski definition) is 0. The lowest BCUT2D eigenvalue weighted by atomic mass is 10.2. The van der Waals surface area contributed by atoms with Crippen LogP contribution in [0.1, 0.15) is 32.6 Å².